The Morgan fingerprint density at radius 3 is 2.54 bits per heavy atom. The fraction of sp³-hybridized carbons (Fsp3) is 0.100. The Kier molecular flexibility index (Phi) is 4.72. The van der Waals surface area contributed by atoms with Gasteiger partial charge in [-0.2, -0.15) is 13.2 Å². The summed E-state index contributed by atoms with van der Waals surface area (Å²) >= 11 is 1.11. The van der Waals surface area contributed by atoms with Crippen LogP contribution in [0.5, 0.6) is 0 Å². The lowest BCUT2D eigenvalue weighted by molar-refractivity contribution is -0.137. The summed E-state index contributed by atoms with van der Waals surface area (Å²) in [5.41, 5.74) is 1.03. The Hall–Kier alpha value is -3.00. The Morgan fingerprint density at radius 2 is 1.79 bits per heavy atom. The molecule has 4 nitrogen and oxygen atoms in total. The van der Waals surface area contributed by atoms with Crippen molar-refractivity contribution in [3.05, 3.63) is 88.3 Å². The molecule has 0 unspecified atom stereocenters. The topological polar surface area (TPSA) is 50.7 Å². The zero-order chi connectivity index (χ0) is 19.7. The Labute approximate surface area is 162 Å². The lowest BCUT2D eigenvalue weighted by atomic mass is 10.2. The van der Waals surface area contributed by atoms with E-state index in [0.29, 0.717) is 27.6 Å². The van der Waals surface area contributed by atoms with Crippen LogP contribution in [-0.2, 0) is 12.7 Å². The summed E-state index contributed by atoms with van der Waals surface area (Å²) in [6.45, 7) is 0.404. The first-order valence-electron chi connectivity index (χ1n) is 8.39. The van der Waals surface area contributed by atoms with Crippen molar-refractivity contribution in [3.8, 4) is 0 Å². The van der Waals surface area contributed by atoms with Crippen LogP contribution in [0.4, 0.5) is 13.2 Å². The molecule has 0 saturated carbocycles. The molecule has 0 aliphatic carbocycles. The van der Waals surface area contributed by atoms with Crippen LogP contribution in [0.15, 0.2) is 81.4 Å². The van der Waals surface area contributed by atoms with Crippen molar-refractivity contribution in [1.29, 1.82) is 0 Å². The van der Waals surface area contributed by atoms with Gasteiger partial charge in [-0.15, -0.1) is 0 Å². The van der Waals surface area contributed by atoms with Crippen molar-refractivity contribution in [2.24, 2.45) is 0 Å². The molecule has 0 saturated heterocycles. The molecule has 4 aromatic rings. The molecular weight excluding hydrogens is 387 g/mol. The number of benzene rings is 2. The normalized spacial score (nSPS) is 11.8. The van der Waals surface area contributed by atoms with Crippen LogP contribution < -0.4 is 5.69 Å². The van der Waals surface area contributed by atoms with Gasteiger partial charge in [0, 0.05) is 4.90 Å². The van der Waals surface area contributed by atoms with E-state index in [1.165, 1.54) is 6.07 Å². The van der Waals surface area contributed by atoms with Crippen molar-refractivity contribution in [2.45, 2.75) is 22.6 Å². The average Bonchev–Trinajstić information content (AvgIpc) is 2.97. The number of fused-ring (bicyclic) bond motifs is 1. The maximum Gasteiger partial charge on any atom is 0.416 e. The molecule has 0 aliphatic heterocycles. The summed E-state index contributed by atoms with van der Waals surface area (Å²) < 4.78 is 40.2. The third-order valence-electron chi connectivity index (χ3n) is 4.18. The molecule has 2 aromatic carbocycles. The number of nitrogens with zero attached hydrogens (tertiary/aromatic N) is 2. The lowest BCUT2D eigenvalue weighted by Crippen LogP contribution is -2.17. The van der Waals surface area contributed by atoms with Crippen LogP contribution in [0, 0.1) is 0 Å². The minimum atomic E-state index is -4.39. The third kappa shape index (κ3) is 3.82. The second-order valence-electron chi connectivity index (χ2n) is 6.15. The molecule has 4 rings (SSSR count). The molecule has 0 spiro atoms. The van der Waals surface area contributed by atoms with Crippen LogP contribution >= 0.6 is 11.8 Å². The summed E-state index contributed by atoms with van der Waals surface area (Å²) in [6, 6.07) is 18.1. The Morgan fingerprint density at radius 1 is 1.00 bits per heavy atom. The Bertz CT molecular complexity index is 1180. The van der Waals surface area contributed by atoms with Gasteiger partial charge in [0.2, 0.25) is 0 Å². The Balaban J connectivity index is 1.63. The van der Waals surface area contributed by atoms with E-state index < -0.39 is 11.7 Å². The minimum absolute atomic E-state index is 0.285. The first-order valence-corrected chi connectivity index (χ1v) is 9.20. The van der Waals surface area contributed by atoms with E-state index in [1.807, 2.05) is 30.3 Å². The SMILES string of the molecule is O=c1[nH]c2nc(Sc3cccc(C(F)(F)F)c3)ccc2n1Cc1ccccc1. The molecule has 0 fully saturated rings. The molecule has 0 atom stereocenters. The van der Waals surface area contributed by atoms with Crippen LogP contribution in [0.2, 0.25) is 0 Å². The highest BCUT2D eigenvalue weighted by atomic mass is 32.2. The van der Waals surface area contributed by atoms with Crippen molar-refractivity contribution < 1.29 is 13.2 Å². The van der Waals surface area contributed by atoms with Gasteiger partial charge in [-0.3, -0.25) is 9.55 Å². The van der Waals surface area contributed by atoms with E-state index in [2.05, 4.69) is 9.97 Å². The standard InChI is InChI=1S/C20H14F3N3OS/c21-20(22,23)14-7-4-8-15(11-14)28-17-10-9-16-18(24-17)25-19(27)26(16)12-13-5-2-1-3-6-13/h1-11H,12H2,(H,24,25,27). The van der Waals surface area contributed by atoms with Gasteiger partial charge >= 0.3 is 11.9 Å². The van der Waals surface area contributed by atoms with Crippen molar-refractivity contribution in [3.63, 3.8) is 0 Å². The molecule has 28 heavy (non-hydrogen) atoms. The number of hydrogen-bond acceptors (Lipinski definition) is 3. The largest absolute Gasteiger partial charge is 0.416 e. The van der Waals surface area contributed by atoms with Gasteiger partial charge in [0.25, 0.3) is 0 Å². The maximum absolute atomic E-state index is 12.9. The smallest absolute Gasteiger partial charge is 0.290 e. The quantitative estimate of drug-likeness (QED) is 0.527. The fourth-order valence-corrected chi connectivity index (χ4v) is 3.71. The predicted octanol–water partition coefficient (Wildman–Crippen LogP) is 4.94. The summed E-state index contributed by atoms with van der Waals surface area (Å²) in [5.74, 6) is 0. The van der Waals surface area contributed by atoms with Gasteiger partial charge in [0.1, 0.15) is 5.03 Å². The number of nitrogens with one attached hydrogen (secondary N) is 1. The molecule has 2 aromatic heterocycles. The van der Waals surface area contributed by atoms with Gasteiger partial charge in [-0.05, 0) is 35.9 Å². The van der Waals surface area contributed by atoms with Gasteiger partial charge in [0.05, 0.1) is 17.6 Å². The second-order valence-corrected chi connectivity index (χ2v) is 7.24. The maximum atomic E-state index is 12.9. The zero-order valence-electron chi connectivity index (χ0n) is 14.4. The van der Waals surface area contributed by atoms with Gasteiger partial charge in [-0.1, -0.05) is 48.2 Å². The number of H-pyrrole nitrogens is 1. The van der Waals surface area contributed by atoms with Gasteiger partial charge < -0.3 is 0 Å². The monoisotopic (exact) mass is 401 g/mol. The van der Waals surface area contributed by atoms with E-state index in [1.54, 1.807) is 22.8 Å². The molecular formula is C20H14F3N3OS. The number of imidazole rings is 1. The van der Waals surface area contributed by atoms with E-state index in [0.717, 1.165) is 29.5 Å². The lowest BCUT2D eigenvalue weighted by Gasteiger charge is -2.08. The third-order valence-corrected chi connectivity index (χ3v) is 5.10. The molecule has 0 aliphatic rings. The zero-order valence-corrected chi connectivity index (χ0v) is 15.2. The minimum Gasteiger partial charge on any atom is -0.290 e. The summed E-state index contributed by atoms with van der Waals surface area (Å²) in [4.78, 5) is 19.8. The van der Waals surface area contributed by atoms with E-state index >= 15 is 0 Å². The highest BCUT2D eigenvalue weighted by molar-refractivity contribution is 7.99. The average molecular weight is 401 g/mol. The molecule has 2 heterocycles. The van der Waals surface area contributed by atoms with Gasteiger partial charge in [0.15, 0.2) is 5.65 Å². The first kappa shape index (κ1) is 18.4. The molecule has 0 amide bonds. The van der Waals surface area contributed by atoms with Crippen LogP contribution in [0.25, 0.3) is 11.2 Å². The number of rotatable bonds is 4. The molecule has 0 radical (unpaired) electrons. The number of aromatic amines is 1. The summed E-state index contributed by atoms with van der Waals surface area (Å²) in [5, 5.41) is 0.500. The second kappa shape index (κ2) is 7.20. The van der Waals surface area contributed by atoms with Crippen LogP contribution in [-0.4, -0.2) is 14.5 Å². The molecule has 142 valence electrons. The predicted molar refractivity (Wildman–Crippen MR) is 101 cm³/mol. The van der Waals surface area contributed by atoms with Crippen LogP contribution in [0.3, 0.4) is 0 Å². The first-order chi connectivity index (χ1) is 13.4. The van der Waals surface area contributed by atoms with E-state index in [9.17, 15) is 18.0 Å². The summed E-state index contributed by atoms with van der Waals surface area (Å²) in [7, 11) is 0. The fourth-order valence-electron chi connectivity index (χ4n) is 2.86. The van der Waals surface area contributed by atoms with Crippen LogP contribution in [0.1, 0.15) is 11.1 Å². The number of halogens is 3. The molecule has 1 N–H and O–H groups in total. The number of pyridine rings is 1. The highest BCUT2D eigenvalue weighted by Crippen LogP contribution is 2.34. The number of alkyl halides is 3. The van der Waals surface area contributed by atoms with Crippen molar-refractivity contribution >= 4 is 22.9 Å². The number of aromatic nitrogens is 3. The van der Waals surface area contributed by atoms with E-state index in [-0.39, 0.29) is 5.69 Å². The van der Waals surface area contributed by atoms with E-state index in [4.69, 9.17) is 0 Å². The molecule has 0 bridgehead atoms. The number of hydrogen-bond donors (Lipinski definition) is 1. The van der Waals surface area contributed by atoms with Gasteiger partial charge in [-0.25, -0.2) is 9.78 Å². The molecule has 8 heteroatoms. The van der Waals surface area contributed by atoms with Crippen molar-refractivity contribution in [1.82, 2.24) is 14.5 Å². The summed E-state index contributed by atoms with van der Waals surface area (Å²) in [6.07, 6.45) is -4.39. The highest BCUT2D eigenvalue weighted by Gasteiger charge is 2.30. The van der Waals surface area contributed by atoms with Crippen molar-refractivity contribution in [2.75, 3.05) is 0 Å².